The molecule has 2 rings (SSSR count). The molecule has 1 fully saturated rings. The highest BCUT2D eigenvalue weighted by Gasteiger charge is 2.27. The second kappa shape index (κ2) is 6.69. The Hall–Kier alpha value is -1.63. The Labute approximate surface area is 119 Å². The maximum atomic E-state index is 5.11. The van der Waals surface area contributed by atoms with Crippen LogP contribution in [-0.2, 0) is 0 Å². The number of aromatic nitrogens is 3. The largest absolute Gasteiger partial charge is 0.467 e. The van der Waals surface area contributed by atoms with Crippen LogP contribution in [0.5, 0.6) is 12.0 Å². The zero-order valence-electron chi connectivity index (χ0n) is 12.6. The molecule has 2 heterocycles. The van der Waals surface area contributed by atoms with Crippen molar-refractivity contribution in [3.63, 3.8) is 0 Å². The summed E-state index contributed by atoms with van der Waals surface area (Å²) in [5, 5.41) is 3.47. The predicted octanol–water partition coefficient (Wildman–Crippen LogP) is 0.856. The van der Waals surface area contributed by atoms with Crippen molar-refractivity contribution >= 4 is 5.95 Å². The third-order valence-electron chi connectivity index (χ3n) is 3.34. The number of hydrogen-bond donors (Lipinski definition) is 1. The van der Waals surface area contributed by atoms with E-state index in [-0.39, 0.29) is 12.0 Å². The molecule has 7 heteroatoms. The van der Waals surface area contributed by atoms with Crippen molar-refractivity contribution in [1.29, 1.82) is 0 Å². The molecule has 1 atom stereocenters. The summed E-state index contributed by atoms with van der Waals surface area (Å²) >= 11 is 0. The predicted molar refractivity (Wildman–Crippen MR) is 76.4 cm³/mol. The average Bonchev–Trinajstić information content (AvgIpc) is 2.92. The van der Waals surface area contributed by atoms with Gasteiger partial charge in [-0.25, -0.2) is 0 Å². The summed E-state index contributed by atoms with van der Waals surface area (Å²) in [4.78, 5) is 14.9. The van der Waals surface area contributed by atoms with E-state index in [0.29, 0.717) is 18.0 Å². The van der Waals surface area contributed by atoms with Gasteiger partial charge in [-0.1, -0.05) is 13.8 Å². The van der Waals surface area contributed by atoms with E-state index in [1.165, 1.54) is 0 Å². The molecule has 0 radical (unpaired) electrons. The molecule has 1 aliphatic rings. The monoisotopic (exact) mass is 281 g/mol. The summed E-state index contributed by atoms with van der Waals surface area (Å²) in [5.74, 6) is 0.627. The maximum Gasteiger partial charge on any atom is 0.324 e. The third kappa shape index (κ3) is 3.47. The lowest BCUT2D eigenvalue weighted by molar-refractivity contribution is 0.339. The lowest BCUT2D eigenvalue weighted by atomic mass is 10.2. The number of nitrogens with one attached hydrogen (secondary N) is 1. The van der Waals surface area contributed by atoms with E-state index in [9.17, 15) is 0 Å². The quantitative estimate of drug-likeness (QED) is 0.829. The number of anilines is 1. The Morgan fingerprint density at radius 3 is 2.40 bits per heavy atom. The van der Waals surface area contributed by atoms with E-state index in [0.717, 1.165) is 25.9 Å². The van der Waals surface area contributed by atoms with Gasteiger partial charge in [0.1, 0.15) is 0 Å². The Balaban J connectivity index is 2.16. The molecule has 7 nitrogen and oxygen atoms in total. The Kier molecular flexibility index (Phi) is 4.94. The highest BCUT2D eigenvalue weighted by Crippen LogP contribution is 2.24. The van der Waals surface area contributed by atoms with Gasteiger partial charge in [-0.2, -0.15) is 9.97 Å². The van der Waals surface area contributed by atoms with Gasteiger partial charge in [0, 0.05) is 25.2 Å². The van der Waals surface area contributed by atoms with Gasteiger partial charge in [0.15, 0.2) is 0 Å². The molecular weight excluding hydrogens is 258 g/mol. The fourth-order valence-electron chi connectivity index (χ4n) is 2.32. The van der Waals surface area contributed by atoms with Crippen molar-refractivity contribution in [2.45, 2.75) is 38.8 Å². The summed E-state index contributed by atoms with van der Waals surface area (Å²) in [6.07, 6.45) is 2.27. The smallest absolute Gasteiger partial charge is 0.324 e. The van der Waals surface area contributed by atoms with Crippen LogP contribution in [0.1, 0.15) is 26.7 Å². The standard InChI is InChI=1S/C13H23N5O2/c1-9(2)14-8-10-6-5-7-18(10)11-15-12(19-3)17-13(16-11)20-4/h9-10,14H,5-8H2,1-4H3. The molecule has 0 saturated carbocycles. The maximum absolute atomic E-state index is 5.11. The first kappa shape index (κ1) is 14.8. The van der Waals surface area contributed by atoms with Crippen LogP contribution in [0.4, 0.5) is 5.95 Å². The summed E-state index contributed by atoms with van der Waals surface area (Å²) < 4.78 is 10.2. The molecule has 0 aromatic carbocycles. The molecule has 0 spiro atoms. The van der Waals surface area contributed by atoms with Crippen LogP contribution in [0, 0.1) is 0 Å². The van der Waals surface area contributed by atoms with Crippen LogP contribution in [0.2, 0.25) is 0 Å². The van der Waals surface area contributed by atoms with Crippen molar-refractivity contribution in [3.8, 4) is 12.0 Å². The minimum atomic E-state index is 0.286. The van der Waals surface area contributed by atoms with Crippen molar-refractivity contribution in [2.24, 2.45) is 0 Å². The molecule has 1 saturated heterocycles. The van der Waals surface area contributed by atoms with Gasteiger partial charge in [-0.15, -0.1) is 4.98 Å². The molecule has 112 valence electrons. The molecule has 20 heavy (non-hydrogen) atoms. The van der Waals surface area contributed by atoms with E-state index in [4.69, 9.17) is 9.47 Å². The van der Waals surface area contributed by atoms with E-state index >= 15 is 0 Å². The van der Waals surface area contributed by atoms with Crippen LogP contribution in [0.15, 0.2) is 0 Å². The normalized spacial score (nSPS) is 18.6. The molecule has 1 N–H and O–H groups in total. The molecule has 0 bridgehead atoms. The summed E-state index contributed by atoms with van der Waals surface area (Å²) in [5.41, 5.74) is 0. The number of ether oxygens (including phenoxy) is 2. The first-order valence-corrected chi connectivity index (χ1v) is 6.98. The number of methoxy groups -OCH3 is 2. The minimum Gasteiger partial charge on any atom is -0.467 e. The molecule has 0 amide bonds. The highest BCUT2D eigenvalue weighted by molar-refractivity contribution is 5.35. The first-order chi connectivity index (χ1) is 9.63. The third-order valence-corrected chi connectivity index (χ3v) is 3.34. The van der Waals surface area contributed by atoms with Gasteiger partial charge >= 0.3 is 12.0 Å². The van der Waals surface area contributed by atoms with Crippen molar-refractivity contribution < 1.29 is 9.47 Å². The van der Waals surface area contributed by atoms with Crippen LogP contribution in [-0.4, -0.2) is 54.3 Å². The van der Waals surface area contributed by atoms with E-state index in [2.05, 4.69) is 39.0 Å². The lowest BCUT2D eigenvalue weighted by Gasteiger charge is -2.25. The van der Waals surface area contributed by atoms with Gasteiger partial charge in [-0.05, 0) is 12.8 Å². The second-order valence-corrected chi connectivity index (χ2v) is 5.16. The van der Waals surface area contributed by atoms with E-state index in [1.54, 1.807) is 14.2 Å². The zero-order chi connectivity index (χ0) is 14.5. The van der Waals surface area contributed by atoms with Crippen molar-refractivity contribution in [1.82, 2.24) is 20.3 Å². The topological polar surface area (TPSA) is 72.4 Å². The van der Waals surface area contributed by atoms with Gasteiger partial charge in [-0.3, -0.25) is 0 Å². The molecule has 1 aromatic rings. The van der Waals surface area contributed by atoms with Gasteiger partial charge in [0.2, 0.25) is 5.95 Å². The highest BCUT2D eigenvalue weighted by atomic mass is 16.5. The SMILES string of the molecule is COc1nc(OC)nc(N2CCCC2CNC(C)C)n1. The summed E-state index contributed by atoms with van der Waals surface area (Å²) in [6.45, 7) is 6.16. The fraction of sp³-hybridized carbons (Fsp3) is 0.769. The van der Waals surface area contributed by atoms with Crippen LogP contribution in [0.25, 0.3) is 0 Å². The molecule has 1 aliphatic heterocycles. The molecule has 1 aromatic heterocycles. The van der Waals surface area contributed by atoms with Crippen molar-refractivity contribution in [2.75, 3.05) is 32.2 Å². The lowest BCUT2D eigenvalue weighted by Crippen LogP contribution is -2.41. The summed E-state index contributed by atoms with van der Waals surface area (Å²) in [6, 6.07) is 1.44. The minimum absolute atomic E-state index is 0.286. The van der Waals surface area contributed by atoms with Crippen molar-refractivity contribution in [3.05, 3.63) is 0 Å². The Bertz CT molecular complexity index is 419. The van der Waals surface area contributed by atoms with Gasteiger partial charge in [0.25, 0.3) is 0 Å². The molecule has 0 aliphatic carbocycles. The fourth-order valence-corrected chi connectivity index (χ4v) is 2.32. The summed E-state index contributed by atoms with van der Waals surface area (Å²) in [7, 11) is 3.08. The van der Waals surface area contributed by atoms with E-state index < -0.39 is 0 Å². The molecular formula is C13H23N5O2. The average molecular weight is 281 g/mol. The second-order valence-electron chi connectivity index (χ2n) is 5.16. The number of nitrogens with zero attached hydrogens (tertiary/aromatic N) is 4. The van der Waals surface area contributed by atoms with Crippen LogP contribution < -0.4 is 19.7 Å². The van der Waals surface area contributed by atoms with Crippen LogP contribution >= 0.6 is 0 Å². The number of hydrogen-bond acceptors (Lipinski definition) is 7. The first-order valence-electron chi connectivity index (χ1n) is 6.98. The van der Waals surface area contributed by atoms with E-state index in [1.807, 2.05) is 0 Å². The van der Waals surface area contributed by atoms with Gasteiger partial charge in [0.05, 0.1) is 14.2 Å². The Morgan fingerprint density at radius 2 is 1.85 bits per heavy atom. The number of rotatable bonds is 6. The van der Waals surface area contributed by atoms with Crippen LogP contribution in [0.3, 0.4) is 0 Å². The zero-order valence-corrected chi connectivity index (χ0v) is 12.6. The Morgan fingerprint density at radius 1 is 1.20 bits per heavy atom. The van der Waals surface area contributed by atoms with Gasteiger partial charge < -0.3 is 19.7 Å². The molecule has 1 unspecified atom stereocenters.